The number of aliphatic imine (C=N–C) groups is 1. The summed E-state index contributed by atoms with van der Waals surface area (Å²) in [6, 6.07) is 11.0. The number of benzene rings is 1. The molecule has 1 atom stereocenters. The summed E-state index contributed by atoms with van der Waals surface area (Å²) in [7, 11) is 1.81. The summed E-state index contributed by atoms with van der Waals surface area (Å²) in [5.74, 6) is -0.361. The SMILES string of the molecule is CCOC(=O)C(N=[C]([Pb])c1ccccc1)c1ccn(C)n1. The third-order valence-electron chi connectivity index (χ3n) is 2.83. The van der Waals surface area contributed by atoms with Crippen molar-refractivity contribution < 1.29 is 9.53 Å². The molecule has 107 valence electrons. The van der Waals surface area contributed by atoms with E-state index in [0.717, 1.165) is 34.6 Å². The molecule has 1 aromatic heterocycles. The monoisotopic (exact) mass is 478 g/mol. The third-order valence-corrected chi connectivity index (χ3v) is 4.45. The van der Waals surface area contributed by atoms with Gasteiger partial charge in [0, 0.05) is 0 Å². The van der Waals surface area contributed by atoms with E-state index in [1.165, 1.54) is 0 Å². The van der Waals surface area contributed by atoms with E-state index in [1.54, 1.807) is 23.9 Å². The van der Waals surface area contributed by atoms with Gasteiger partial charge in [0.1, 0.15) is 0 Å². The molecule has 0 aliphatic rings. The normalized spacial score (nSPS) is 13.0. The predicted octanol–water partition coefficient (Wildman–Crippen LogP) is 1.64. The molecular weight excluding hydrogens is 461 g/mol. The molecule has 0 aliphatic heterocycles. The van der Waals surface area contributed by atoms with Crippen molar-refractivity contribution in [3.05, 3.63) is 53.9 Å². The number of carbonyl (C=O) groups excluding carboxylic acids is 1. The molecule has 0 spiro atoms. The fourth-order valence-electron chi connectivity index (χ4n) is 1.84. The van der Waals surface area contributed by atoms with Crippen LogP contribution in [0.3, 0.4) is 0 Å². The first kappa shape index (κ1) is 15.9. The average Bonchev–Trinajstić information content (AvgIpc) is 2.92. The molecule has 1 unspecified atom stereocenters. The molecule has 2 aromatic rings. The van der Waals surface area contributed by atoms with Crippen LogP contribution < -0.4 is 0 Å². The van der Waals surface area contributed by atoms with E-state index in [-0.39, 0.29) is 5.97 Å². The zero-order valence-electron chi connectivity index (χ0n) is 12.0. The summed E-state index contributed by atoms with van der Waals surface area (Å²) in [6.45, 7) is 2.12. The Balaban J connectivity index is 2.34. The van der Waals surface area contributed by atoms with Gasteiger partial charge in [-0.2, -0.15) is 0 Å². The van der Waals surface area contributed by atoms with Crippen LogP contribution in [0, 0.1) is 0 Å². The molecule has 1 heterocycles. The molecule has 0 fully saturated rings. The number of aromatic nitrogens is 2. The van der Waals surface area contributed by atoms with Gasteiger partial charge in [0.05, 0.1) is 0 Å². The van der Waals surface area contributed by atoms with E-state index in [9.17, 15) is 4.79 Å². The van der Waals surface area contributed by atoms with Gasteiger partial charge in [0.25, 0.3) is 0 Å². The van der Waals surface area contributed by atoms with Gasteiger partial charge in [-0.15, -0.1) is 0 Å². The van der Waals surface area contributed by atoms with Crippen LogP contribution in [0.15, 0.2) is 47.6 Å². The zero-order chi connectivity index (χ0) is 15.2. The van der Waals surface area contributed by atoms with E-state index in [1.807, 2.05) is 37.4 Å². The van der Waals surface area contributed by atoms with Crippen molar-refractivity contribution in [1.82, 2.24) is 9.78 Å². The molecule has 0 bridgehead atoms. The number of rotatable bonds is 5. The average molecular weight is 478 g/mol. The van der Waals surface area contributed by atoms with Crippen LogP contribution in [0.2, 0.25) is 0 Å². The van der Waals surface area contributed by atoms with Crippen LogP contribution in [0.25, 0.3) is 0 Å². The van der Waals surface area contributed by atoms with Crippen LogP contribution in [-0.2, 0) is 16.6 Å². The molecule has 21 heavy (non-hydrogen) atoms. The molecule has 6 heteroatoms. The first-order chi connectivity index (χ1) is 10.1. The maximum absolute atomic E-state index is 12.2. The number of nitrogens with zero attached hydrogens (tertiary/aromatic N) is 3. The Morgan fingerprint density at radius 2 is 2.10 bits per heavy atom. The van der Waals surface area contributed by atoms with Crippen LogP contribution in [-0.4, -0.2) is 51.4 Å². The first-order valence-electron chi connectivity index (χ1n) is 6.62. The summed E-state index contributed by atoms with van der Waals surface area (Å²) in [4.78, 5) is 16.7. The van der Waals surface area contributed by atoms with E-state index in [4.69, 9.17) is 4.74 Å². The molecule has 0 saturated heterocycles. The van der Waals surface area contributed by atoms with Gasteiger partial charge in [-0.05, 0) is 0 Å². The van der Waals surface area contributed by atoms with Crippen LogP contribution in [0.4, 0.5) is 0 Å². The first-order valence-corrected chi connectivity index (χ1v) is 8.57. The van der Waals surface area contributed by atoms with Gasteiger partial charge in [-0.1, -0.05) is 0 Å². The minimum absolute atomic E-state index is 0.333. The Hall–Kier alpha value is -1.51. The van der Waals surface area contributed by atoms with Gasteiger partial charge >= 0.3 is 140 Å². The molecule has 1 aromatic carbocycles. The van der Waals surface area contributed by atoms with E-state index in [0.29, 0.717) is 12.3 Å². The Morgan fingerprint density at radius 3 is 2.67 bits per heavy atom. The van der Waals surface area contributed by atoms with Crippen molar-refractivity contribution in [2.45, 2.75) is 13.0 Å². The second kappa shape index (κ2) is 7.49. The van der Waals surface area contributed by atoms with E-state index >= 15 is 0 Å². The standard InChI is InChI=1S/C15H16N3O2.Pb/c1-3-20-15(19)14(13-9-10-18(2)17-13)16-11-12-7-5-4-6-8-12;/h4-10,14H,3H2,1-2H3;. The number of aryl methyl sites for hydroxylation is 1. The molecule has 0 saturated carbocycles. The van der Waals surface area contributed by atoms with Crippen LogP contribution in [0.5, 0.6) is 0 Å². The molecule has 0 aliphatic carbocycles. The molecular formula is C15H16N3O2Pb. The Bertz CT molecular complexity index is 637. The van der Waals surface area contributed by atoms with Gasteiger partial charge in [-0.3, -0.25) is 0 Å². The summed E-state index contributed by atoms with van der Waals surface area (Å²) >= 11 is 0.740. The Kier molecular flexibility index (Phi) is 5.66. The fraction of sp³-hybridized carbons (Fsp3) is 0.267. The zero-order valence-corrected chi connectivity index (χ0v) is 15.9. The van der Waals surface area contributed by atoms with Gasteiger partial charge in [0.15, 0.2) is 0 Å². The molecule has 2 rings (SSSR count). The second-order valence-electron chi connectivity index (χ2n) is 4.41. The molecule has 3 radical (unpaired) electrons. The number of hydrogen-bond donors (Lipinski definition) is 0. The van der Waals surface area contributed by atoms with Gasteiger partial charge in [0.2, 0.25) is 0 Å². The summed E-state index contributed by atoms with van der Waals surface area (Å²) in [5.41, 5.74) is 1.65. The minimum atomic E-state index is -0.696. The predicted molar refractivity (Wildman–Crippen MR) is 81.3 cm³/mol. The summed E-state index contributed by atoms with van der Waals surface area (Å²) in [5, 5.41) is 4.29. The number of carbonyl (C=O) groups is 1. The summed E-state index contributed by atoms with van der Waals surface area (Å²) in [6.07, 6.45) is 1.80. The number of esters is 1. The van der Waals surface area contributed by atoms with Crippen molar-refractivity contribution in [3.63, 3.8) is 0 Å². The molecule has 0 amide bonds. The van der Waals surface area contributed by atoms with Crippen molar-refractivity contribution >= 4 is 35.0 Å². The molecule has 5 nitrogen and oxygen atoms in total. The Labute approximate surface area is 139 Å². The fourth-order valence-corrected chi connectivity index (χ4v) is 2.99. The van der Waals surface area contributed by atoms with E-state index < -0.39 is 6.04 Å². The maximum atomic E-state index is 12.2. The van der Waals surface area contributed by atoms with Crippen molar-refractivity contribution in [2.75, 3.05) is 6.61 Å². The number of hydrogen-bond acceptors (Lipinski definition) is 4. The third kappa shape index (κ3) is 4.23. The summed E-state index contributed by atoms with van der Waals surface area (Å²) < 4.78 is 7.70. The van der Waals surface area contributed by atoms with Crippen molar-refractivity contribution in [2.24, 2.45) is 12.0 Å². The molecule has 0 N–H and O–H groups in total. The Morgan fingerprint density at radius 1 is 1.38 bits per heavy atom. The topological polar surface area (TPSA) is 56.5 Å². The van der Waals surface area contributed by atoms with Crippen LogP contribution >= 0.6 is 0 Å². The number of ether oxygens (including phenoxy) is 1. The van der Waals surface area contributed by atoms with Crippen molar-refractivity contribution in [3.8, 4) is 0 Å². The van der Waals surface area contributed by atoms with Gasteiger partial charge < -0.3 is 0 Å². The quantitative estimate of drug-likeness (QED) is 0.374. The van der Waals surface area contributed by atoms with Crippen molar-refractivity contribution in [1.29, 1.82) is 0 Å². The van der Waals surface area contributed by atoms with Gasteiger partial charge in [-0.25, -0.2) is 0 Å². The van der Waals surface area contributed by atoms with E-state index in [2.05, 4.69) is 10.1 Å². The van der Waals surface area contributed by atoms with Crippen LogP contribution in [0.1, 0.15) is 24.2 Å². The second-order valence-corrected chi connectivity index (χ2v) is 6.25.